The van der Waals surface area contributed by atoms with Crippen molar-refractivity contribution in [3.63, 3.8) is 0 Å². The van der Waals surface area contributed by atoms with E-state index in [1.165, 1.54) is 70.6 Å². The van der Waals surface area contributed by atoms with Crippen LogP contribution >= 0.6 is 0 Å². The molecule has 0 saturated carbocycles. The highest BCUT2D eigenvalue weighted by molar-refractivity contribution is 5.76. The minimum atomic E-state index is 0.0644. The third kappa shape index (κ3) is 15.8. The quantitative estimate of drug-likeness (QED) is 0.204. The summed E-state index contributed by atoms with van der Waals surface area (Å²) in [6, 6.07) is 0. The molecule has 0 bridgehead atoms. The van der Waals surface area contributed by atoms with Gasteiger partial charge in [-0.25, -0.2) is 5.43 Å². The van der Waals surface area contributed by atoms with E-state index < -0.39 is 0 Å². The SMILES string of the molecule is CCCCCCCCCCCC(=O)N/N=C\[C@@H](CC)CCCC. The largest absolute Gasteiger partial charge is 0.273 e. The van der Waals surface area contributed by atoms with Crippen molar-refractivity contribution in [2.24, 2.45) is 11.0 Å². The van der Waals surface area contributed by atoms with E-state index in [1.54, 1.807) is 0 Å². The predicted octanol–water partition coefficient (Wildman–Crippen LogP) is 6.23. The first-order chi connectivity index (χ1) is 11.2. The van der Waals surface area contributed by atoms with Crippen LogP contribution in [0.3, 0.4) is 0 Å². The van der Waals surface area contributed by atoms with Gasteiger partial charge < -0.3 is 0 Å². The molecule has 0 saturated heterocycles. The second kappa shape index (κ2) is 17.5. The molecule has 0 radical (unpaired) electrons. The summed E-state index contributed by atoms with van der Waals surface area (Å²) >= 11 is 0. The maximum Gasteiger partial charge on any atom is 0.240 e. The molecule has 0 fully saturated rings. The molecule has 3 heteroatoms. The van der Waals surface area contributed by atoms with Crippen LogP contribution in [0, 0.1) is 5.92 Å². The minimum absolute atomic E-state index is 0.0644. The summed E-state index contributed by atoms with van der Waals surface area (Å²) in [4.78, 5) is 11.7. The topological polar surface area (TPSA) is 41.5 Å². The van der Waals surface area contributed by atoms with Gasteiger partial charge in [-0.2, -0.15) is 5.10 Å². The van der Waals surface area contributed by atoms with E-state index in [1.807, 2.05) is 6.21 Å². The van der Waals surface area contributed by atoms with E-state index in [9.17, 15) is 4.79 Å². The number of carbonyl (C=O) groups is 1. The van der Waals surface area contributed by atoms with Crippen molar-refractivity contribution in [1.82, 2.24) is 5.43 Å². The van der Waals surface area contributed by atoms with Crippen LogP contribution in [0.2, 0.25) is 0 Å². The van der Waals surface area contributed by atoms with Gasteiger partial charge in [0.1, 0.15) is 0 Å². The Kier molecular flexibility index (Phi) is 16.8. The highest BCUT2D eigenvalue weighted by Gasteiger charge is 2.03. The van der Waals surface area contributed by atoms with Crippen LogP contribution < -0.4 is 5.43 Å². The van der Waals surface area contributed by atoms with Crippen LogP contribution in [0.4, 0.5) is 0 Å². The van der Waals surface area contributed by atoms with Gasteiger partial charge in [-0.15, -0.1) is 0 Å². The van der Waals surface area contributed by atoms with Crippen LogP contribution in [-0.4, -0.2) is 12.1 Å². The number of nitrogens with one attached hydrogen (secondary N) is 1. The smallest absolute Gasteiger partial charge is 0.240 e. The Hall–Kier alpha value is -0.860. The molecule has 0 aromatic heterocycles. The lowest BCUT2D eigenvalue weighted by Gasteiger charge is -2.07. The number of rotatable bonds is 16. The number of carbonyl (C=O) groups excluding carboxylic acids is 1. The van der Waals surface area contributed by atoms with Gasteiger partial charge in [0.25, 0.3) is 0 Å². The van der Waals surface area contributed by atoms with E-state index in [4.69, 9.17) is 0 Å². The number of hydrogen-bond acceptors (Lipinski definition) is 2. The Balaban J connectivity index is 3.49. The summed E-state index contributed by atoms with van der Waals surface area (Å²) in [7, 11) is 0. The van der Waals surface area contributed by atoms with Gasteiger partial charge in [-0.3, -0.25) is 4.79 Å². The fourth-order valence-corrected chi connectivity index (χ4v) is 2.72. The summed E-state index contributed by atoms with van der Waals surface area (Å²) in [6.07, 6.45) is 18.8. The Morgan fingerprint density at radius 3 is 2.00 bits per heavy atom. The molecule has 136 valence electrons. The summed E-state index contributed by atoms with van der Waals surface area (Å²) in [5, 5.41) is 4.13. The van der Waals surface area contributed by atoms with Crippen molar-refractivity contribution in [3.05, 3.63) is 0 Å². The fourth-order valence-electron chi connectivity index (χ4n) is 2.72. The lowest BCUT2D eigenvalue weighted by atomic mass is 10.0. The first-order valence-corrected chi connectivity index (χ1v) is 10.1. The summed E-state index contributed by atoms with van der Waals surface area (Å²) < 4.78 is 0. The lowest BCUT2D eigenvalue weighted by molar-refractivity contribution is -0.121. The maximum absolute atomic E-state index is 11.7. The molecule has 0 aliphatic heterocycles. The average Bonchev–Trinajstić information content (AvgIpc) is 2.56. The van der Waals surface area contributed by atoms with Crippen molar-refractivity contribution in [3.8, 4) is 0 Å². The molecule has 1 N–H and O–H groups in total. The summed E-state index contributed by atoms with van der Waals surface area (Å²) in [5.74, 6) is 0.567. The second-order valence-corrected chi connectivity index (χ2v) is 6.70. The van der Waals surface area contributed by atoms with E-state index in [0.29, 0.717) is 12.3 Å². The van der Waals surface area contributed by atoms with Gasteiger partial charge in [0.2, 0.25) is 5.91 Å². The molecule has 1 amide bonds. The second-order valence-electron chi connectivity index (χ2n) is 6.70. The Morgan fingerprint density at radius 2 is 1.43 bits per heavy atom. The number of hydrazone groups is 1. The molecule has 0 aliphatic carbocycles. The fraction of sp³-hybridized carbons (Fsp3) is 0.900. The number of nitrogens with zero attached hydrogens (tertiary/aromatic N) is 1. The molecular formula is C20H40N2O. The summed E-state index contributed by atoms with van der Waals surface area (Å²) in [6.45, 7) is 6.63. The number of unbranched alkanes of at least 4 members (excludes halogenated alkanes) is 9. The standard InChI is InChI=1S/C20H40N2O/c1-4-7-9-10-11-12-13-14-15-17-20(23)22-21-18-19(6-3)16-8-5-2/h18-19H,4-17H2,1-3H3,(H,22,23)/b21-18-/t19-/m0/s1. The zero-order valence-electron chi connectivity index (χ0n) is 15.9. The monoisotopic (exact) mass is 324 g/mol. The maximum atomic E-state index is 11.7. The first-order valence-electron chi connectivity index (χ1n) is 10.1. The molecule has 0 aromatic rings. The van der Waals surface area contributed by atoms with Crippen molar-refractivity contribution < 1.29 is 4.79 Å². The molecule has 3 nitrogen and oxygen atoms in total. The normalized spacial score (nSPS) is 12.7. The molecule has 23 heavy (non-hydrogen) atoms. The van der Waals surface area contributed by atoms with Crippen LogP contribution in [0.5, 0.6) is 0 Å². The zero-order valence-corrected chi connectivity index (χ0v) is 15.9. The van der Waals surface area contributed by atoms with Crippen LogP contribution in [0.15, 0.2) is 5.10 Å². The average molecular weight is 325 g/mol. The predicted molar refractivity (Wildman–Crippen MR) is 102 cm³/mol. The molecular weight excluding hydrogens is 284 g/mol. The molecule has 0 heterocycles. The van der Waals surface area contributed by atoms with E-state index in [0.717, 1.165) is 12.8 Å². The Labute approximate surface area is 144 Å². The van der Waals surface area contributed by atoms with E-state index >= 15 is 0 Å². The van der Waals surface area contributed by atoms with Gasteiger partial charge in [0.05, 0.1) is 0 Å². The van der Waals surface area contributed by atoms with Crippen molar-refractivity contribution in [1.29, 1.82) is 0 Å². The van der Waals surface area contributed by atoms with Crippen molar-refractivity contribution >= 4 is 12.1 Å². The van der Waals surface area contributed by atoms with Gasteiger partial charge in [-0.1, -0.05) is 85.0 Å². The number of hydrogen-bond donors (Lipinski definition) is 1. The van der Waals surface area contributed by atoms with E-state index in [-0.39, 0.29) is 5.91 Å². The Bertz CT molecular complexity index is 289. The third-order valence-corrected chi connectivity index (χ3v) is 4.43. The van der Waals surface area contributed by atoms with Crippen LogP contribution in [0.1, 0.15) is 111 Å². The van der Waals surface area contributed by atoms with Gasteiger partial charge >= 0.3 is 0 Å². The lowest BCUT2D eigenvalue weighted by Crippen LogP contribution is -2.18. The van der Waals surface area contributed by atoms with Gasteiger partial charge in [-0.05, 0) is 25.2 Å². The van der Waals surface area contributed by atoms with Crippen LogP contribution in [-0.2, 0) is 4.79 Å². The van der Waals surface area contributed by atoms with Gasteiger partial charge in [0, 0.05) is 12.6 Å². The molecule has 0 rings (SSSR count). The van der Waals surface area contributed by atoms with E-state index in [2.05, 4.69) is 31.3 Å². The van der Waals surface area contributed by atoms with Crippen molar-refractivity contribution in [2.75, 3.05) is 0 Å². The molecule has 1 atom stereocenters. The molecule has 0 unspecified atom stereocenters. The zero-order chi connectivity index (χ0) is 17.2. The molecule has 0 spiro atoms. The highest BCUT2D eigenvalue weighted by Crippen LogP contribution is 2.11. The van der Waals surface area contributed by atoms with Crippen LogP contribution in [0.25, 0.3) is 0 Å². The molecule has 0 aliphatic rings. The summed E-state index contributed by atoms with van der Waals surface area (Å²) in [5.41, 5.74) is 2.68. The third-order valence-electron chi connectivity index (χ3n) is 4.43. The Morgan fingerprint density at radius 1 is 0.870 bits per heavy atom. The number of amides is 1. The van der Waals surface area contributed by atoms with Gasteiger partial charge in [0.15, 0.2) is 0 Å². The van der Waals surface area contributed by atoms with Crippen molar-refractivity contribution in [2.45, 2.75) is 111 Å². The highest BCUT2D eigenvalue weighted by atomic mass is 16.2. The minimum Gasteiger partial charge on any atom is -0.273 e. The first kappa shape index (κ1) is 22.1. The molecule has 0 aromatic carbocycles.